The Labute approximate surface area is 108 Å². The molecular formula is C14H23NOS. The molecule has 2 nitrogen and oxygen atoms in total. The highest BCUT2D eigenvalue weighted by Gasteiger charge is 2.20. The summed E-state index contributed by atoms with van der Waals surface area (Å²) in [6.07, 6.45) is 3.88. The highest BCUT2D eigenvalue weighted by molar-refractivity contribution is 7.12. The maximum Gasteiger partial charge on any atom is 0.0494 e. The van der Waals surface area contributed by atoms with Crippen LogP contribution in [0.3, 0.4) is 0 Å². The molecule has 1 aliphatic carbocycles. The van der Waals surface area contributed by atoms with Gasteiger partial charge in [-0.15, -0.1) is 11.3 Å². The standard InChI is InChI=1S/C14H23NOS/c1-11-4-7-14(17-11)12(2)15-8-3-9-16-10-13-5-6-13/h4,7,12-13,15H,3,5-6,8-10H2,1-2H3. The smallest absolute Gasteiger partial charge is 0.0494 e. The van der Waals surface area contributed by atoms with E-state index in [0.29, 0.717) is 6.04 Å². The first-order valence-corrected chi connectivity index (χ1v) is 7.45. The van der Waals surface area contributed by atoms with Crippen LogP contribution in [-0.4, -0.2) is 19.8 Å². The SMILES string of the molecule is Cc1ccc(C(C)NCCCOCC2CC2)s1. The van der Waals surface area contributed by atoms with Crippen LogP contribution in [0.5, 0.6) is 0 Å². The van der Waals surface area contributed by atoms with Gasteiger partial charge >= 0.3 is 0 Å². The van der Waals surface area contributed by atoms with Crippen molar-refractivity contribution in [2.24, 2.45) is 5.92 Å². The largest absolute Gasteiger partial charge is 0.381 e. The van der Waals surface area contributed by atoms with E-state index in [9.17, 15) is 0 Å². The second-order valence-corrected chi connectivity index (χ2v) is 6.32. The summed E-state index contributed by atoms with van der Waals surface area (Å²) in [5, 5.41) is 3.55. The van der Waals surface area contributed by atoms with Crippen molar-refractivity contribution in [2.75, 3.05) is 19.8 Å². The minimum absolute atomic E-state index is 0.470. The van der Waals surface area contributed by atoms with E-state index >= 15 is 0 Å². The molecular weight excluding hydrogens is 230 g/mol. The third-order valence-corrected chi connectivity index (χ3v) is 4.34. The van der Waals surface area contributed by atoms with Crippen LogP contribution >= 0.6 is 11.3 Å². The summed E-state index contributed by atoms with van der Waals surface area (Å²) in [6.45, 7) is 7.32. The number of nitrogens with one attached hydrogen (secondary N) is 1. The van der Waals surface area contributed by atoms with Gasteiger partial charge in [-0.05, 0) is 57.7 Å². The summed E-state index contributed by atoms with van der Waals surface area (Å²) >= 11 is 1.88. The monoisotopic (exact) mass is 253 g/mol. The molecule has 2 rings (SSSR count). The van der Waals surface area contributed by atoms with Crippen molar-refractivity contribution in [3.63, 3.8) is 0 Å². The summed E-state index contributed by atoms with van der Waals surface area (Å²) in [5.41, 5.74) is 0. The number of rotatable bonds is 8. The first kappa shape index (κ1) is 13.1. The van der Waals surface area contributed by atoms with E-state index in [1.54, 1.807) is 0 Å². The Morgan fingerprint density at radius 2 is 2.29 bits per heavy atom. The van der Waals surface area contributed by atoms with Gasteiger partial charge in [-0.2, -0.15) is 0 Å². The molecule has 1 aromatic rings. The van der Waals surface area contributed by atoms with Crippen molar-refractivity contribution < 1.29 is 4.74 Å². The fraction of sp³-hybridized carbons (Fsp3) is 0.714. The molecule has 1 N–H and O–H groups in total. The number of aryl methyl sites for hydroxylation is 1. The first-order valence-electron chi connectivity index (χ1n) is 6.63. The van der Waals surface area contributed by atoms with Crippen LogP contribution < -0.4 is 5.32 Å². The molecule has 17 heavy (non-hydrogen) atoms. The van der Waals surface area contributed by atoms with Crippen molar-refractivity contribution in [2.45, 2.75) is 39.2 Å². The van der Waals surface area contributed by atoms with E-state index in [-0.39, 0.29) is 0 Å². The van der Waals surface area contributed by atoms with Crippen LogP contribution in [0.15, 0.2) is 12.1 Å². The van der Waals surface area contributed by atoms with Crippen molar-refractivity contribution >= 4 is 11.3 Å². The van der Waals surface area contributed by atoms with E-state index in [1.165, 1.54) is 22.6 Å². The second-order valence-electron chi connectivity index (χ2n) is 5.00. The fourth-order valence-corrected chi connectivity index (χ4v) is 2.72. The van der Waals surface area contributed by atoms with E-state index in [2.05, 4.69) is 31.3 Å². The summed E-state index contributed by atoms with van der Waals surface area (Å²) in [7, 11) is 0. The Morgan fingerprint density at radius 1 is 1.47 bits per heavy atom. The average molecular weight is 253 g/mol. The van der Waals surface area contributed by atoms with Gasteiger partial charge in [0.05, 0.1) is 0 Å². The minimum atomic E-state index is 0.470. The molecule has 0 amide bonds. The number of ether oxygens (including phenoxy) is 1. The van der Waals surface area contributed by atoms with Crippen molar-refractivity contribution in [1.82, 2.24) is 5.32 Å². The summed E-state index contributed by atoms with van der Waals surface area (Å²) in [5.74, 6) is 0.885. The highest BCUT2D eigenvalue weighted by atomic mass is 32.1. The summed E-state index contributed by atoms with van der Waals surface area (Å²) in [6, 6.07) is 4.88. The maximum absolute atomic E-state index is 5.61. The topological polar surface area (TPSA) is 21.3 Å². The van der Waals surface area contributed by atoms with Crippen LogP contribution in [0, 0.1) is 12.8 Å². The Morgan fingerprint density at radius 3 is 2.94 bits per heavy atom. The third kappa shape index (κ3) is 4.78. The minimum Gasteiger partial charge on any atom is -0.381 e. The molecule has 1 fully saturated rings. The Kier molecular flexibility index (Phi) is 5.01. The van der Waals surface area contributed by atoms with Crippen molar-refractivity contribution in [1.29, 1.82) is 0 Å². The number of hydrogen-bond acceptors (Lipinski definition) is 3. The van der Waals surface area contributed by atoms with Crippen LogP contribution in [0.1, 0.15) is 42.0 Å². The molecule has 0 aromatic carbocycles. The zero-order valence-corrected chi connectivity index (χ0v) is 11.7. The molecule has 0 radical (unpaired) electrons. The summed E-state index contributed by atoms with van der Waals surface area (Å²) < 4.78 is 5.61. The molecule has 1 atom stereocenters. The van der Waals surface area contributed by atoms with Crippen LogP contribution in [0.25, 0.3) is 0 Å². The third-order valence-electron chi connectivity index (χ3n) is 3.15. The molecule has 1 unspecified atom stereocenters. The van der Waals surface area contributed by atoms with Crippen LogP contribution in [0.2, 0.25) is 0 Å². The van der Waals surface area contributed by atoms with E-state index in [1.807, 2.05) is 11.3 Å². The normalized spacial score (nSPS) is 17.3. The molecule has 96 valence electrons. The molecule has 1 heterocycles. The van der Waals surface area contributed by atoms with Gasteiger partial charge in [0.25, 0.3) is 0 Å². The van der Waals surface area contributed by atoms with E-state index in [0.717, 1.165) is 32.1 Å². The second kappa shape index (κ2) is 6.53. The van der Waals surface area contributed by atoms with Crippen LogP contribution in [-0.2, 0) is 4.74 Å². The molecule has 0 aliphatic heterocycles. The average Bonchev–Trinajstić information content (AvgIpc) is 3.04. The lowest BCUT2D eigenvalue weighted by Gasteiger charge is -2.12. The maximum atomic E-state index is 5.61. The quantitative estimate of drug-likeness (QED) is 0.716. The van der Waals surface area contributed by atoms with Crippen molar-refractivity contribution in [3.8, 4) is 0 Å². The Balaban J connectivity index is 1.51. The van der Waals surface area contributed by atoms with Crippen molar-refractivity contribution in [3.05, 3.63) is 21.9 Å². The molecule has 0 saturated heterocycles. The Bertz CT molecular complexity index is 333. The van der Waals surface area contributed by atoms with Crippen LogP contribution in [0.4, 0.5) is 0 Å². The number of hydrogen-bond donors (Lipinski definition) is 1. The lowest BCUT2D eigenvalue weighted by Crippen LogP contribution is -2.20. The number of thiophene rings is 1. The first-order chi connectivity index (χ1) is 8.25. The Hall–Kier alpha value is -0.380. The fourth-order valence-electron chi connectivity index (χ4n) is 1.81. The van der Waals surface area contributed by atoms with Gasteiger partial charge in [0.15, 0.2) is 0 Å². The lowest BCUT2D eigenvalue weighted by atomic mass is 10.2. The van der Waals surface area contributed by atoms with Gasteiger partial charge in [0.1, 0.15) is 0 Å². The molecule has 1 saturated carbocycles. The highest BCUT2D eigenvalue weighted by Crippen LogP contribution is 2.28. The van der Waals surface area contributed by atoms with Gasteiger partial charge in [-0.1, -0.05) is 0 Å². The van der Waals surface area contributed by atoms with E-state index < -0.39 is 0 Å². The van der Waals surface area contributed by atoms with Gasteiger partial charge in [-0.3, -0.25) is 0 Å². The predicted octanol–water partition coefficient (Wildman–Crippen LogP) is 3.52. The molecule has 1 aromatic heterocycles. The lowest BCUT2D eigenvalue weighted by molar-refractivity contribution is 0.121. The molecule has 0 spiro atoms. The predicted molar refractivity (Wildman–Crippen MR) is 73.6 cm³/mol. The zero-order valence-electron chi connectivity index (χ0n) is 10.9. The van der Waals surface area contributed by atoms with Gasteiger partial charge < -0.3 is 10.1 Å². The zero-order chi connectivity index (χ0) is 12.1. The molecule has 0 bridgehead atoms. The van der Waals surface area contributed by atoms with Gasteiger partial charge in [0.2, 0.25) is 0 Å². The summed E-state index contributed by atoms with van der Waals surface area (Å²) in [4.78, 5) is 2.82. The van der Waals surface area contributed by atoms with E-state index in [4.69, 9.17) is 4.74 Å². The molecule has 1 aliphatic rings. The van der Waals surface area contributed by atoms with Gasteiger partial charge in [-0.25, -0.2) is 0 Å². The molecule has 3 heteroatoms. The van der Waals surface area contributed by atoms with Gasteiger partial charge in [0, 0.05) is 29.0 Å².